The van der Waals surface area contributed by atoms with Crippen molar-refractivity contribution < 1.29 is 9.72 Å². The van der Waals surface area contributed by atoms with Crippen molar-refractivity contribution >= 4 is 29.0 Å². The Morgan fingerprint density at radius 1 is 1.11 bits per heavy atom. The lowest BCUT2D eigenvalue weighted by Crippen LogP contribution is -2.23. The number of anilines is 1. The van der Waals surface area contributed by atoms with E-state index in [1.54, 1.807) is 19.1 Å². The molecule has 1 N–H and O–H groups in total. The fourth-order valence-corrected chi connectivity index (χ4v) is 5.27. The van der Waals surface area contributed by atoms with Crippen LogP contribution in [-0.2, 0) is 10.2 Å². The molecule has 1 aromatic heterocycles. The van der Waals surface area contributed by atoms with E-state index in [1.807, 2.05) is 0 Å². The Bertz CT molecular complexity index is 1210. The average molecular weight is 494 g/mol. The summed E-state index contributed by atoms with van der Waals surface area (Å²) in [5, 5.41) is 23.2. The molecular formula is C26H31N5O3S. The third-order valence-corrected chi connectivity index (χ3v) is 7.43. The molecule has 35 heavy (non-hydrogen) atoms. The first-order valence-electron chi connectivity index (χ1n) is 11.9. The Morgan fingerprint density at radius 2 is 1.77 bits per heavy atom. The first kappa shape index (κ1) is 24.9. The van der Waals surface area contributed by atoms with Crippen molar-refractivity contribution in [1.82, 2.24) is 14.8 Å². The second-order valence-electron chi connectivity index (χ2n) is 9.97. The number of nitrogens with zero attached hydrogens (tertiary/aromatic N) is 4. The molecular weight excluding hydrogens is 462 g/mol. The van der Waals surface area contributed by atoms with Crippen LogP contribution in [0.2, 0.25) is 0 Å². The van der Waals surface area contributed by atoms with E-state index >= 15 is 0 Å². The van der Waals surface area contributed by atoms with Crippen LogP contribution in [0.5, 0.6) is 0 Å². The van der Waals surface area contributed by atoms with Gasteiger partial charge in [0.15, 0.2) is 11.0 Å². The van der Waals surface area contributed by atoms with E-state index in [0.717, 1.165) is 37.1 Å². The lowest BCUT2D eigenvalue weighted by Gasteiger charge is -2.20. The van der Waals surface area contributed by atoms with Crippen molar-refractivity contribution in [2.24, 2.45) is 0 Å². The molecule has 0 bridgehead atoms. The van der Waals surface area contributed by atoms with E-state index in [4.69, 9.17) is 0 Å². The van der Waals surface area contributed by atoms with Crippen molar-refractivity contribution in [3.63, 3.8) is 0 Å². The first-order chi connectivity index (χ1) is 16.6. The normalized spacial score (nSPS) is 15.2. The van der Waals surface area contributed by atoms with Crippen LogP contribution in [0.4, 0.5) is 11.4 Å². The molecule has 4 rings (SSSR count). The molecule has 2 aromatic carbocycles. The molecule has 0 spiro atoms. The summed E-state index contributed by atoms with van der Waals surface area (Å²) in [7, 11) is 0. The number of rotatable bonds is 7. The summed E-state index contributed by atoms with van der Waals surface area (Å²) in [5.41, 5.74) is 2.37. The van der Waals surface area contributed by atoms with Gasteiger partial charge in [-0.15, -0.1) is 10.2 Å². The Morgan fingerprint density at radius 3 is 2.40 bits per heavy atom. The zero-order valence-corrected chi connectivity index (χ0v) is 21.3. The highest BCUT2D eigenvalue weighted by molar-refractivity contribution is 8.00. The number of thioether (sulfide) groups is 1. The van der Waals surface area contributed by atoms with Crippen LogP contribution in [0, 0.1) is 10.1 Å². The number of carbonyl (C=O) groups excluding carboxylic acids is 1. The third kappa shape index (κ3) is 5.56. The second-order valence-corrected chi connectivity index (χ2v) is 11.3. The molecule has 1 amide bonds. The van der Waals surface area contributed by atoms with Gasteiger partial charge < -0.3 is 5.32 Å². The maximum Gasteiger partial charge on any atom is 0.292 e. The van der Waals surface area contributed by atoms with Gasteiger partial charge in [0.25, 0.3) is 5.69 Å². The summed E-state index contributed by atoms with van der Waals surface area (Å²) in [6, 6.07) is 14.9. The SMILES string of the molecule is CC(Sc1nnc(-c2ccc(C(C)(C)C)cc2)n1C1CCCC1)C(=O)Nc1ccccc1[N+](=O)[O-]. The Balaban J connectivity index is 1.59. The number of para-hydroxylation sites is 2. The zero-order chi connectivity index (χ0) is 25.2. The minimum Gasteiger partial charge on any atom is -0.319 e. The quantitative estimate of drug-likeness (QED) is 0.232. The molecule has 1 unspecified atom stereocenters. The van der Waals surface area contributed by atoms with Gasteiger partial charge in [0.1, 0.15) is 5.69 Å². The molecule has 1 saturated carbocycles. The maximum absolute atomic E-state index is 12.9. The average Bonchev–Trinajstić information content (AvgIpc) is 3.48. The summed E-state index contributed by atoms with van der Waals surface area (Å²) in [4.78, 5) is 23.7. The highest BCUT2D eigenvalue weighted by Gasteiger charge is 2.28. The summed E-state index contributed by atoms with van der Waals surface area (Å²) in [6.07, 6.45) is 4.41. The minimum atomic E-state index is -0.518. The molecule has 9 heteroatoms. The van der Waals surface area contributed by atoms with E-state index in [-0.39, 0.29) is 28.7 Å². The van der Waals surface area contributed by atoms with Gasteiger partial charge in [-0.3, -0.25) is 19.5 Å². The highest BCUT2D eigenvalue weighted by atomic mass is 32.2. The number of nitro benzene ring substituents is 1. The van der Waals surface area contributed by atoms with Crippen LogP contribution in [0.15, 0.2) is 53.7 Å². The number of hydrogen-bond acceptors (Lipinski definition) is 6. The number of aromatic nitrogens is 3. The van der Waals surface area contributed by atoms with Gasteiger partial charge in [-0.1, -0.05) is 81.8 Å². The zero-order valence-electron chi connectivity index (χ0n) is 20.5. The molecule has 3 aromatic rings. The van der Waals surface area contributed by atoms with Crippen LogP contribution in [0.3, 0.4) is 0 Å². The number of amides is 1. The van der Waals surface area contributed by atoms with Crippen LogP contribution in [0.1, 0.15) is 65.0 Å². The van der Waals surface area contributed by atoms with Crippen LogP contribution in [0.25, 0.3) is 11.4 Å². The van der Waals surface area contributed by atoms with Crippen molar-refractivity contribution in [3.8, 4) is 11.4 Å². The number of benzene rings is 2. The predicted molar refractivity (Wildman–Crippen MR) is 139 cm³/mol. The Hall–Kier alpha value is -3.20. The van der Waals surface area contributed by atoms with Crippen LogP contribution >= 0.6 is 11.8 Å². The monoisotopic (exact) mass is 493 g/mol. The van der Waals surface area contributed by atoms with Crippen molar-refractivity contribution in [1.29, 1.82) is 0 Å². The summed E-state index contributed by atoms with van der Waals surface area (Å²) >= 11 is 1.33. The molecule has 1 fully saturated rings. The van der Waals surface area contributed by atoms with Crippen molar-refractivity contribution in [3.05, 3.63) is 64.2 Å². The van der Waals surface area contributed by atoms with Gasteiger partial charge in [0.05, 0.1) is 10.2 Å². The van der Waals surface area contributed by atoms with E-state index < -0.39 is 10.2 Å². The molecule has 8 nitrogen and oxygen atoms in total. The minimum absolute atomic E-state index is 0.0648. The Labute approximate surface area is 209 Å². The number of hydrogen-bond donors (Lipinski definition) is 1. The van der Waals surface area contributed by atoms with Gasteiger partial charge in [0, 0.05) is 17.7 Å². The predicted octanol–water partition coefficient (Wildman–Crippen LogP) is 6.39. The molecule has 0 saturated heterocycles. The van der Waals surface area contributed by atoms with E-state index in [9.17, 15) is 14.9 Å². The largest absolute Gasteiger partial charge is 0.319 e. The molecule has 184 valence electrons. The lowest BCUT2D eigenvalue weighted by molar-refractivity contribution is -0.383. The molecule has 0 radical (unpaired) electrons. The molecule has 0 aliphatic heterocycles. The summed E-state index contributed by atoms with van der Waals surface area (Å²) in [5.74, 6) is 0.493. The van der Waals surface area contributed by atoms with Crippen LogP contribution < -0.4 is 5.32 Å². The van der Waals surface area contributed by atoms with E-state index in [0.29, 0.717) is 5.16 Å². The van der Waals surface area contributed by atoms with Gasteiger partial charge >= 0.3 is 0 Å². The maximum atomic E-state index is 12.9. The topological polar surface area (TPSA) is 103 Å². The van der Waals surface area contributed by atoms with E-state index in [1.165, 1.54) is 29.5 Å². The number of nitrogens with one attached hydrogen (secondary N) is 1. The first-order valence-corrected chi connectivity index (χ1v) is 12.8. The van der Waals surface area contributed by atoms with Gasteiger partial charge in [0.2, 0.25) is 5.91 Å². The van der Waals surface area contributed by atoms with Gasteiger partial charge in [-0.05, 0) is 36.8 Å². The number of nitro groups is 1. The number of carbonyl (C=O) groups is 1. The highest BCUT2D eigenvalue weighted by Crippen LogP contribution is 2.38. The molecule has 1 heterocycles. The standard InChI is InChI=1S/C26H31N5O3S/c1-17(24(32)27-21-11-7-8-12-22(21)31(33)34)35-25-29-28-23(30(25)20-9-5-6-10-20)18-13-15-19(16-14-18)26(2,3)4/h7-8,11-17,20H,5-6,9-10H2,1-4H3,(H,27,32). The summed E-state index contributed by atoms with van der Waals surface area (Å²) < 4.78 is 2.18. The molecule has 1 aliphatic rings. The van der Waals surface area contributed by atoms with Crippen LogP contribution in [-0.4, -0.2) is 30.8 Å². The van der Waals surface area contributed by atoms with E-state index in [2.05, 4.69) is 65.1 Å². The smallest absolute Gasteiger partial charge is 0.292 e. The van der Waals surface area contributed by atoms with Crippen molar-refractivity contribution in [2.45, 2.75) is 75.2 Å². The van der Waals surface area contributed by atoms with Gasteiger partial charge in [-0.2, -0.15) is 0 Å². The van der Waals surface area contributed by atoms with Crippen molar-refractivity contribution in [2.75, 3.05) is 5.32 Å². The second kappa shape index (κ2) is 10.2. The van der Waals surface area contributed by atoms with Gasteiger partial charge in [-0.25, -0.2) is 0 Å². The summed E-state index contributed by atoms with van der Waals surface area (Å²) in [6.45, 7) is 8.34. The third-order valence-electron chi connectivity index (χ3n) is 6.37. The fourth-order valence-electron chi connectivity index (χ4n) is 4.35. The lowest BCUT2D eigenvalue weighted by atomic mass is 9.86. The Kier molecular flexibility index (Phi) is 7.25. The fraction of sp³-hybridized carbons (Fsp3) is 0.423. The molecule has 1 aliphatic carbocycles. The molecule has 1 atom stereocenters.